The van der Waals surface area contributed by atoms with Crippen LogP contribution in [0.1, 0.15) is 48.2 Å². The van der Waals surface area contributed by atoms with E-state index in [2.05, 4.69) is 0 Å². The van der Waals surface area contributed by atoms with Gasteiger partial charge in [0, 0.05) is 30.0 Å². The highest BCUT2D eigenvalue weighted by molar-refractivity contribution is 7.14. The SMILES string of the molecule is CCC(=O)C(c1ccccc1F)N1CCc2sc(OC(=O)C3CC3)cc2C1. The Kier molecular flexibility index (Phi) is 5.10. The summed E-state index contributed by atoms with van der Waals surface area (Å²) in [5.41, 5.74) is 1.50. The number of thiophene rings is 1. The molecule has 1 aromatic carbocycles. The first-order valence-corrected chi connectivity index (χ1v) is 10.2. The minimum Gasteiger partial charge on any atom is -0.415 e. The number of ketones is 1. The molecule has 1 aliphatic heterocycles. The van der Waals surface area contributed by atoms with E-state index in [9.17, 15) is 14.0 Å². The number of hydrogen-bond acceptors (Lipinski definition) is 5. The quantitative estimate of drug-likeness (QED) is 0.694. The lowest BCUT2D eigenvalue weighted by atomic mass is 9.96. The number of hydrogen-bond donors (Lipinski definition) is 0. The van der Waals surface area contributed by atoms with Crippen LogP contribution < -0.4 is 4.74 Å². The largest absolute Gasteiger partial charge is 0.415 e. The summed E-state index contributed by atoms with van der Waals surface area (Å²) in [6.07, 6.45) is 2.96. The molecule has 1 aliphatic carbocycles. The van der Waals surface area contributed by atoms with Gasteiger partial charge in [-0.05, 0) is 37.0 Å². The van der Waals surface area contributed by atoms with Crippen molar-refractivity contribution in [2.24, 2.45) is 5.92 Å². The van der Waals surface area contributed by atoms with Gasteiger partial charge >= 0.3 is 5.97 Å². The maximum absolute atomic E-state index is 14.4. The zero-order valence-corrected chi connectivity index (χ0v) is 16.1. The molecule has 0 radical (unpaired) electrons. The first-order chi connectivity index (χ1) is 13.1. The second-order valence-corrected chi connectivity index (χ2v) is 8.27. The predicted molar refractivity (Wildman–Crippen MR) is 101 cm³/mol. The topological polar surface area (TPSA) is 46.6 Å². The van der Waals surface area contributed by atoms with E-state index < -0.39 is 6.04 Å². The normalized spacial score (nSPS) is 18.0. The van der Waals surface area contributed by atoms with E-state index in [1.54, 1.807) is 18.2 Å². The summed E-state index contributed by atoms with van der Waals surface area (Å²) in [4.78, 5) is 27.7. The van der Waals surface area contributed by atoms with Gasteiger partial charge in [0.2, 0.25) is 0 Å². The third kappa shape index (κ3) is 3.82. The Morgan fingerprint density at radius 1 is 1.33 bits per heavy atom. The van der Waals surface area contributed by atoms with Gasteiger partial charge in [-0.15, -0.1) is 11.3 Å². The van der Waals surface area contributed by atoms with Crippen LogP contribution in [0.5, 0.6) is 5.06 Å². The smallest absolute Gasteiger partial charge is 0.315 e. The third-order valence-corrected chi connectivity index (χ3v) is 6.32. The molecule has 0 N–H and O–H groups in total. The van der Waals surface area contributed by atoms with Crippen LogP contribution in [-0.4, -0.2) is 23.2 Å². The minimum atomic E-state index is -0.582. The van der Waals surface area contributed by atoms with Crippen LogP contribution in [-0.2, 0) is 22.6 Å². The summed E-state index contributed by atoms with van der Waals surface area (Å²) < 4.78 is 19.9. The van der Waals surface area contributed by atoms with Crippen LogP contribution in [0, 0.1) is 11.7 Å². The van der Waals surface area contributed by atoms with Crippen molar-refractivity contribution in [3.8, 4) is 5.06 Å². The summed E-state index contributed by atoms with van der Waals surface area (Å²) in [6.45, 7) is 3.04. The van der Waals surface area contributed by atoms with Crippen LogP contribution >= 0.6 is 11.3 Å². The first kappa shape index (κ1) is 18.3. The van der Waals surface area contributed by atoms with Crippen molar-refractivity contribution >= 4 is 23.1 Å². The highest BCUT2D eigenvalue weighted by atomic mass is 32.1. The third-order valence-electron chi connectivity index (χ3n) is 5.20. The summed E-state index contributed by atoms with van der Waals surface area (Å²) in [5, 5.41) is 0.628. The zero-order valence-electron chi connectivity index (χ0n) is 15.2. The molecule has 4 nitrogen and oxygen atoms in total. The maximum atomic E-state index is 14.4. The van der Waals surface area contributed by atoms with Crippen LogP contribution in [0.15, 0.2) is 30.3 Å². The number of ether oxygens (including phenoxy) is 1. The molecule has 4 rings (SSSR count). The minimum absolute atomic E-state index is 0.0131. The van der Waals surface area contributed by atoms with Gasteiger partial charge in [0.15, 0.2) is 10.8 Å². The van der Waals surface area contributed by atoms with Crippen molar-refractivity contribution < 1.29 is 18.7 Å². The lowest BCUT2D eigenvalue weighted by Gasteiger charge is -2.33. The molecular formula is C21H22FNO3S. The molecule has 1 fully saturated rings. The van der Waals surface area contributed by atoms with E-state index in [1.807, 2.05) is 17.9 Å². The molecule has 0 saturated heterocycles. The number of halogens is 1. The van der Waals surface area contributed by atoms with Gasteiger partial charge in [0.25, 0.3) is 0 Å². The fourth-order valence-corrected chi connectivity index (χ4v) is 4.58. The molecule has 2 aromatic rings. The highest BCUT2D eigenvalue weighted by Crippen LogP contribution is 2.38. The Labute approximate surface area is 161 Å². The molecule has 2 heterocycles. The lowest BCUT2D eigenvalue weighted by molar-refractivity contribution is -0.135. The second kappa shape index (κ2) is 7.52. The van der Waals surface area contributed by atoms with Gasteiger partial charge in [-0.25, -0.2) is 4.39 Å². The molecule has 27 heavy (non-hydrogen) atoms. The zero-order chi connectivity index (χ0) is 19.0. The Hall–Kier alpha value is -2.05. The van der Waals surface area contributed by atoms with Crippen LogP contribution in [0.2, 0.25) is 0 Å². The number of esters is 1. The van der Waals surface area contributed by atoms with Crippen molar-refractivity contribution in [1.82, 2.24) is 4.90 Å². The van der Waals surface area contributed by atoms with Crippen molar-refractivity contribution in [1.29, 1.82) is 0 Å². The molecule has 1 aromatic heterocycles. The van der Waals surface area contributed by atoms with Crippen molar-refractivity contribution in [2.45, 2.75) is 45.2 Å². The average Bonchev–Trinajstić information content (AvgIpc) is 3.44. The van der Waals surface area contributed by atoms with Gasteiger partial charge < -0.3 is 4.74 Å². The van der Waals surface area contributed by atoms with Crippen molar-refractivity contribution in [2.75, 3.05) is 6.54 Å². The number of fused-ring (bicyclic) bond motifs is 1. The second-order valence-electron chi connectivity index (χ2n) is 7.17. The van der Waals surface area contributed by atoms with Gasteiger partial charge in [-0.2, -0.15) is 0 Å². The highest BCUT2D eigenvalue weighted by Gasteiger charge is 2.34. The fraction of sp³-hybridized carbons (Fsp3) is 0.429. The fourth-order valence-electron chi connectivity index (χ4n) is 3.56. The summed E-state index contributed by atoms with van der Waals surface area (Å²) in [5.74, 6) is -0.414. The molecule has 1 atom stereocenters. The van der Waals surface area contributed by atoms with E-state index in [0.29, 0.717) is 30.1 Å². The number of carbonyl (C=O) groups is 2. The number of Topliss-reactive ketones (excluding diaryl/α,β-unsaturated/α-hetero) is 1. The number of rotatable bonds is 6. The number of nitrogens with zero attached hydrogens (tertiary/aromatic N) is 1. The molecule has 0 bridgehead atoms. The van der Waals surface area contributed by atoms with E-state index in [-0.39, 0.29) is 23.5 Å². The Balaban J connectivity index is 1.56. The Morgan fingerprint density at radius 3 is 2.81 bits per heavy atom. The first-order valence-electron chi connectivity index (χ1n) is 9.41. The Morgan fingerprint density at radius 2 is 2.11 bits per heavy atom. The predicted octanol–water partition coefficient (Wildman–Crippen LogP) is 4.28. The lowest BCUT2D eigenvalue weighted by Crippen LogP contribution is -2.38. The monoisotopic (exact) mass is 387 g/mol. The van der Waals surface area contributed by atoms with E-state index >= 15 is 0 Å². The van der Waals surface area contributed by atoms with Crippen LogP contribution in [0.25, 0.3) is 0 Å². The molecule has 6 heteroatoms. The van der Waals surface area contributed by atoms with E-state index in [1.165, 1.54) is 22.3 Å². The van der Waals surface area contributed by atoms with E-state index in [0.717, 1.165) is 24.8 Å². The van der Waals surface area contributed by atoms with Crippen molar-refractivity contribution in [3.63, 3.8) is 0 Å². The average molecular weight is 387 g/mol. The molecule has 0 amide bonds. The molecule has 2 aliphatic rings. The van der Waals surface area contributed by atoms with Crippen molar-refractivity contribution in [3.05, 3.63) is 52.2 Å². The van der Waals surface area contributed by atoms with Crippen LogP contribution in [0.4, 0.5) is 4.39 Å². The molecular weight excluding hydrogens is 365 g/mol. The molecule has 1 saturated carbocycles. The summed E-state index contributed by atoms with van der Waals surface area (Å²) in [6, 6.07) is 7.83. The van der Waals surface area contributed by atoms with Gasteiger partial charge in [-0.3, -0.25) is 14.5 Å². The van der Waals surface area contributed by atoms with Gasteiger partial charge in [0.05, 0.1) is 12.0 Å². The van der Waals surface area contributed by atoms with Gasteiger partial charge in [-0.1, -0.05) is 25.1 Å². The summed E-state index contributed by atoms with van der Waals surface area (Å²) in [7, 11) is 0. The molecule has 142 valence electrons. The standard InChI is InChI=1S/C21H22FNO3S/c1-2-17(24)20(15-5-3-4-6-16(15)22)23-10-9-18-14(12-23)11-19(27-18)26-21(25)13-7-8-13/h3-6,11,13,20H,2,7-10,12H2,1H3. The maximum Gasteiger partial charge on any atom is 0.315 e. The molecule has 0 spiro atoms. The van der Waals surface area contributed by atoms with Crippen LogP contribution in [0.3, 0.4) is 0 Å². The Bertz CT molecular complexity index is 874. The number of benzene rings is 1. The van der Waals surface area contributed by atoms with E-state index in [4.69, 9.17) is 4.74 Å². The molecule has 1 unspecified atom stereocenters. The summed E-state index contributed by atoms with van der Waals surface area (Å²) >= 11 is 1.51. The van der Waals surface area contributed by atoms with Gasteiger partial charge in [0.1, 0.15) is 5.82 Å². The number of carbonyl (C=O) groups excluding carboxylic acids is 2.